The number of nitrogens with one attached hydrogen (secondary N) is 1. The number of benzene rings is 1. The van der Waals surface area contributed by atoms with Gasteiger partial charge in [0.15, 0.2) is 11.6 Å². The van der Waals surface area contributed by atoms with Crippen molar-refractivity contribution in [2.45, 2.75) is 32.2 Å². The summed E-state index contributed by atoms with van der Waals surface area (Å²) in [5.41, 5.74) is 0.877. The van der Waals surface area contributed by atoms with Crippen LogP contribution in [0, 0.1) is 17.6 Å². The standard InChI is InChI=1S/C17H21F2N3/c18-15-6-5-13(10-16(15)19)3-4-14-2-1-9-22(11-14)12-17-20-7-8-21-17/h5-8,10,14H,1-4,9,11-12H2,(H,20,21)/t14-/m0/s1. The quantitative estimate of drug-likeness (QED) is 0.916. The first kappa shape index (κ1) is 15.2. The van der Waals surface area contributed by atoms with Crippen LogP contribution >= 0.6 is 0 Å². The second-order valence-electron chi connectivity index (χ2n) is 6.07. The second kappa shape index (κ2) is 7.01. The van der Waals surface area contributed by atoms with E-state index >= 15 is 0 Å². The number of nitrogens with zero attached hydrogens (tertiary/aromatic N) is 2. The molecule has 3 nitrogen and oxygen atoms in total. The van der Waals surface area contributed by atoms with Gasteiger partial charge in [0.1, 0.15) is 5.82 Å². The van der Waals surface area contributed by atoms with Gasteiger partial charge >= 0.3 is 0 Å². The molecule has 1 saturated heterocycles. The van der Waals surface area contributed by atoms with Crippen LogP contribution < -0.4 is 0 Å². The molecule has 118 valence electrons. The summed E-state index contributed by atoms with van der Waals surface area (Å²) < 4.78 is 26.2. The third kappa shape index (κ3) is 3.91. The molecule has 5 heteroatoms. The molecule has 0 radical (unpaired) electrons. The van der Waals surface area contributed by atoms with Crippen molar-refractivity contribution < 1.29 is 8.78 Å². The van der Waals surface area contributed by atoms with E-state index in [2.05, 4.69) is 14.9 Å². The molecule has 1 aliphatic rings. The van der Waals surface area contributed by atoms with E-state index in [0.29, 0.717) is 5.92 Å². The topological polar surface area (TPSA) is 31.9 Å². The number of piperidine rings is 1. The highest BCUT2D eigenvalue weighted by molar-refractivity contribution is 5.17. The Labute approximate surface area is 129 Å². The Bertz CT molecular complexity index is 598. The van der Waals surface area contributed by atoms with Gasteiger partial charge in [0.05, 0.1) is 6.54 Å². The predicted molar refractivity (Wildman–Crippen MR) is 81.3 cm³/mol. The highest BCUT2D eigenvalue weighted by Gasteiger charge is 2.20. The molecule has 1 fully saturated rings. The minimum absolute atomic E-state index is 0.608. The van der Waals surface area contributed by atoms with Crippen molar-refractivity contribution in [3.63, 3.8) is 0 Å². The number of halogens is 2. The molecule has 0 bridgehead atoms. The fraction of sp³-hybridized carbons (Fsp3) is 0.471. The van der Waals surface area contributed by atoms with E-state index < -0.39 is 11.6 Å². The average Bonchev–Trinajstić information content (AvgIpc) is 3.02. The molecule has 3 rings (SSSR count). The van der Waals surface area contributed by atoms with Crippen molar-refractivity contribution in [1.82, 2.24) is 14.9 Å². The lowest BCUT2D eigenvalue weighted by molar-refractivity contribution is 0.159. The summed E-state index contributed by atoms with van der Waals surface area (Å²) in [6.45, 7) is 3.00. The maximum absolute atomic E-state index is 13.2. The monoisotopic (exact) mass is 305 g/mol. The minimum Gasteiger partial charge on any atom is -0.348 e. The Morgan fingerprint density at radius 3 is 2.95 bits per heavy atom. The number of aryl methyl sites for hydroxylation is 1. The summed E-state index contributed by atoms with van der Waals surface area (Å²) >= 11 is 0. The Kier molecular flexibility index (Phi) is 4.83. The van der Waals surface area contributed by atoms with Crippen LogP contribution in [0.4, 0.5) is 8.78 Å². The summed E-state index contributed by atoms with van der Waals surface area (Å²) in [7, 11) is 0. The zero-order chi connectivity index (χ0) is 15.4. The summed E-state index contributed by atoms with van der Waals surface area (Å²) in [5.74, 6) is 0.0877. The number of hydrogen-bond donors (Lipinski definition) is 1. The van der Waals surface area contributed by atoms with Crippen LogP contribution in [0.2, 0.25) is 0 Å². The van der Waals surface area contributed by atoms with Gasteiger partial charge in [-0.3, -0.25) is 4.90 Å². The number of H-pyrrole nitrogens is 1. The van der Waals surface area contributed by atoms with Gasteiger partial charge in [0.2, 0.25) is 0 Å². The van der Waals surface area contributed by atoms with Crippen molar-refractivity contribution in [3.8, 4) is 0 Å². The van der Waals surface area contributed by atoms with Gasteiger partial charge in [-0.2, -0.15) is 0 Å². The van der Waals surface area contributed by atoms with Crippen LogP contribution in [0.1, 0.15) is 30.7 Å². The van der Waals surface area contributed by atoms with Gasteiger partial charge in [-0.25, -0.2) is 13.8 Å². The highest BCUT2D eigenvalue weighted by Crippen LogP contribution is 2.23. The summed E-state index contributed by atoms with van der Waals surface area (Å²) in [5, 5.41) is 0. The first-order chi connectivity index (χ1) is 10.7. The fourth-order valence-corrected chi connectivity index (χ4v) is 3.19. The van der Waals surface area contributed by atoms with Crippen LogP contribution in [0.25, 0.3) is 0 Å². The van der Waals surface area contributed by atoms with Gasteiger partial charge in [-0.05, 0) is 55.8 Å². The fourth-order valence-electron chi connectivity index (χ4n) is 3.19. The summed E-state index contributed by atoms with van der Waals surface area (Å²) in [6.07, 6.45) is 7.83. The van der Waals surface area contributed by atoms with Crippen molar-refractivity contribution in [1.29, 1.82) is 0 Å². The summed E-state index contributed by atoms with van der Waals surface area (Å²) in [4.78, 5) is 9.83. The molecule has 0 aliphatic carbocycles. The van der Waals surface area contributed by atoms with E-state index in [0.717, 1.165) is 43.9 Å². The van der Waals surface area contributed by atoms with Gasteiger partial charge in [-0.1, -0.05) is 6.07 Å². The molecule has 1 aromatic heterocycles. The van der Waals surface area contributed by atoms with Gasteiger partial charge < -0.3 is 4.98 Å². The van der Waals surface area contributed by atoms with E-state index in [1.165, 1.54) is 25.0 Å². The highest BCUT2D eigenvalue weighted by atomic mass is 19.2. The van der Waals surface area contributed by atoms with Gasteiger partial charge in [-0.15, -0.1) is 0 Å². The molecule has 22 heavy (non-hydrogen) atoms. The maximum atomic E-state index is 13.2. The lowest BCUT2D eigenvalue weighted by Crippen LogP contribution is -2.35. The molecule has 1 aromatic carbocycles. The predicted octanol–water partition coefficient (Wildman–Crippen LogP) is 3.53. The second-order valence-corrected chi connectivity index (χ2v) is 6.07. The number of imidazole rings is 1. The molecule has 1 atom stereocenters. The number of aromatic nitrogens is 2. The minimum atomic E-state index is -0.772. The first-order valence-electron chi connectivity index (χ1n) is 7.85. The third-order valence-electron chi connectivity index (χ3n) is 4.36. The maximum Gasteiger partial charge on any atom is 0.159 e. The Morgan fingerprint density at radius 1 is 1.27 bits per heavy atom. The van der Waals surface area contributed by atoms with Crippen LogP contribution in [-0.2, 0) is 13.0 Å². The normalized spacial score (nSPS) is 19.5. The van der Waals surface area contributed by atoms with Crippen molar-refractivity contribution in [2.75, 3.05) is 13.1 Å². The molecule has 0 amide bonds. The SMILES string of the molecule is Fc1ccc(CC[C@@H]2CCCN(Cc3ncc[nH]3)C2)cc1F. The Morgan fingerprint density at radius 2 is 2.18 bits per heavy atom. The molecule has 1 aliphatic heterocycles. The molecule has 0 saturated carbocycles. The lowest BCUT2D eigenvalue weighted by Gasteiger charge is -2.32. The van der Waals surface area contributed by atoms with E-state index in [1.54, 1.807) is 12.3 Å². The zero-order valence-electron chi connectivity index (χ0n) is 12.6. The molecule has 1 N–H and O–H groups in total. The van der Waals surface area contributed by atoms with Crippen LogP contribution in [-0.4, -0.2) is 28.0 Å². The van der Waals surface area contributed by atoms with E-state index in [1.807, 2.05) is 6.20 Å². The Hall–Kier alpha value is -1.75. The molecular weight excluding hydrogens is 284 g/mol. The van der Waals surface area contributed by atoms with Crippen molar-refractivity contribution in [3.05, 3.63) is 53.6 Å². The summed E-state index contributed by atoms with van der Waals surface area (Å²) in [6, 6.07) is 4.22. The van der Waals surface area contributed by atoms with Crippen LogP contribution in [0.3, 0.4) is 0 Å². The van der Waals surface area contributed by atoms with Gasteiger partial charge in [0.25, 0.3) is 0 Å². The average molecular weight is 305 g/mol. The third-order valence-corrected chi connectivity index (χ3v) is 4.36. The van der Waals surface area contributed by atoms with Crippen molar-refractivity contribution in [2.24, 2.45) is 5.92 Å². The number of aromatic amines is 1. The smallest absolute Gasteiger partial charge is 0.159 e. The zero-order valence-corrected chi connectivity index (χ0v) is 12.6. The van der Waals surface area contributed by atoms with E-state index in [4.69, 9.17) is 0 Å². The Balaban J connectivity index is 1.50. The van der Waals surface area contributed by atoms with Crippen LogP contribution in [0.15, 0.2) is 30.6 Å². The first-order valence-corrected chi connectivity index (χ1v) is 7.85. The molecule has 2 aromatic rings. The lowest BCUT2D eigenvalue weighted by atomic mass is 9.91. The number of likely N-dealkylation sites (tertiary alicyclic amines) is 1. The number of rotatable bonds is 5. The molecule has 0 spiro atoms. The van der Waals surface area contributed by atoms with Crippen molar-refractivity contribution >= 4 is 0 Å². The largest absolute Gasteiger partial charge is 0.348 e. The molecule has 0 unspecified atom stereocenters. The van der Waals surface area contributed by atoms with Gasteiger partial charge in [0, 0.05) is 18.9 Å². The molecule has 2 heterocycles. The molecular formula is C17H21F2N3. The van der Waals surface area contributed by atoms with E-state index in [9.17, 15) is 8.78 Å². The van der Waals surface area contributed by atoms with Crippen LogP contribution in [0.5, 0.6) is 0 Å². The van der Waals surface area contributed by atoms with E-state index in [-0.39, 0.29) is 0 Å². The number of hydrogen-bond acceptors (Lipinski definition) is 2.